The number of carbonyl (C=O) groups excluding carboxylic acids is 1. The first-order valence-electron chi connectivity index (χ1n) is 8.29. The Morgan fingerprint density at radius 2 is 2.07 bits per heavy atom. The number of carbonyl (C=O) groups is 1. The molecule has 1 amide bonds. The van der Waals surface area contributed by atoms with Crippen molar-refractivity contribution >= 4 is 17.2 Å². The molecule has 0 atom stereocenters. The molecule has 0 aliphatic heterocycles. The van der Waals surface area contributed by atoms with Crippen LogP contribution in [0, 0.1) is 13.8 Å². The third-order valence-corrected chi connectivity index (χ3v) is 4.22. The van der Waals surface area contributed by atoms with E-state index in [0.717, 1.165) is 11.1 Å². The molecule has 8 nitrogen and oxygen atoms in total. The van der Waals surface area contributed by atoms with E-state index in [0.29, 0.717) is 34.5 Å². The van der Waals surface area contributed by atoms with Crippen molar-refractivity contribution in [1.29, 1.82) is 0 Å². The maximum atomic E-state index is 12.8. The zero-order valence-electron chi connectivity index (χ0n) is 15.1. The van der Waals surface area contributed by atoms with Gasteiger partial charge in [0.2, 0.25) is 11.7 Å². The molecule has 0 fully saturated rings. The first-order valence-corrected chi connectivity index (χ1v) is 8.29. The standard InChI is InChI=1S/C19H17N5O3/c1-11-4-5-13(18-21-12(2)27-23-18)8-15(11)22-19(25)16-10-20-17-9-14(26-3)6-7-24(16)17/h4-10H,1-3H3,(H,22,25). The van der Waals surface area contributed by atoms with E-state index in [9.17, 15) is 4.79 Å². The maximum Gasteiger partial charge on any atom is 0.274 e. The Bertz CT molecular complexity index is 1150. The zero-order valence-corrected chi connectivity index (χ0v) is 15.1. The van der Waals surface area contributed by atoms with Crippen LogP contribution in [0.3, 0.4) is 0 Å². The lowest BCUT2D eigenvalue weighted by Gasteiger charge is -2.09. The number of pyridine rings is 1. The van der Waals surface area contributed by atoms with E-state index in [2.05, 4.69) is 20.4 Å². The van der Waals surface area contributed by atoms with Crippen LogP contribution in [0.25, 0.3) is 17.0 Å². The fourth-order valence-electron chi connectivity index (χ4n) is 2.76. The second-order valence-electron chi connectivity index (χ2n) is 6.06. The summed E-state index contributed by atoms with van der Waals surface area (Å²) in [6.07, 6.45) is 3.29. The minimum Gasteiger partial charge on any atom is -0.497 e. The second kappa shape index (κ2) is 6.56. The van der Waals surface area contributed by atoms with Crippen molar-refractivity contribution in [1.82, 2.24) is 19.5 Å². The number of nitrogens with one attached hydrogen (secondary N) is 1. The van der Waals surface area contributed by atoms with Crippen molar-refractivity contribution in [3.05, 3.63) is 59.9 Å². The average molecular weight is 363 g/mol. The van der Waals surface area contributed by atoms with Crippen LogP contribution in [0.15, 0.2) is 47.2 Å². The second-order valence-corrected chi connectivity index (χ2v) is 6.06. The van der Waals surface area contributed by atoms with Crippen molar-refractivity contribution in [2.75, 3.05) is 12.4 Å². The molecular weight excluding hydrogens is 346 g/mol. The molecule has 136 valence electrons. The number of hydrogen-bond acceptors (Lipinski definition) is 6. The van der Waals surface area contributed by atoms with Gasteiger partial charge in [-0.2, -0.15) is 4.98 Å². The molecule has 1 aromatic carbocycles. The normalized spacial score (nSPS) is 10.9. The number of nitrogens with zero attached hydrogens (tertiary/aromatic N) is 4. The Balaban J connectivity index is 1.65. The number of benzene rings is 1. The van der Waals surface area contributed by atoms with Gasteiger partial charge in [0.1, 0.15) is 17.1 Å². The molecule has 0 bridgehead atoms. The number of ether oxygens (including phenoxy) is 1. The summed E-state index contributed by atoms with van der Waals surface area (Å²) in [6, 6.07) is 9.15. The quantitative estimate of drug-likeness (QED) is 0.598. The van der Waals surface area contributed by atoms with E-state index in [4.69, 9.17) is 9.26 Å². The fraction of sp³-hybridized carbons (Fsp3) is 0.158. The van der Waals surface area contributed by atoms with Gasteiger partial charge < -0.3 is 14.6 Å². The van der Waals surface area contributed by atoms with Crippen LogP contribution >= 0.6 is 0 Å². The number of imidazole rings is 1. The average Bonchev–Trinajstić information content (AvgIpc) is 3.29. The molecule has 8 heteroatoms. The van der Waals surface area contributed by atoms with Crippen molar-refractivity contribution in [2.24, 2.45) is 0 Å². The first kappa shape index (κ1) is 16.8. The molecule has 27 heavy (non-hydrogen) atoms. The Morgan fingerprint density at radius 1 is 1.22 bits per heavy atom. The monoisotopic (exact) mass is 363 g/mol. The van der Waals surface area contributed by atoms with E-state index in [1.165, 1.54) is 6.20 Å². The van der Waals surface area contributed by atoms with Gasteiger partial charge in [0, 0.05) is 30.4 Å². The third-order valence-electron chi connectivity index (χ3n) is 4.22. The van der Waals surface area contributed by atoms with E-state index < -0.39 is 0 Å². The highest BCUT2D eigenvalue weighted by atomic mass is 16.5. The minimum atomic E-state index is -0.266. The van der Waals surface area contributed by atoms with Crippen molar-refractivity contribution in [3.63, 3.8) is 0 Å². The van der Waals surface area contributed by atoms with E-state index in [-0.39, 0.29) is 5.91 Å². The maximum absolute atomic E-state index is 12.8. The van der Waals surface area contributed by atoms with Crippen LogP contribution in [-0.2, 0) is 0 Å². The number of aromatic nitrogens is 4. The smallest absolute Gasteiger partial charge is 0.274 e. The van der Waals surface area contributed by atoms with Gasteiger partial charge in [-0.05, 0) is 24.6 Å². The summed E-state index contributed by atoms with van der Waals surface area (Å²) in [7, 11) is 1.59. The van der Waals surface area contributed by atoms with Gasteiger partial charge >= 0.3 is 0 Å². The summed E-state index contributed by atoms with van der Waals surface area (Å²) in [5.41, 5.74) is 3.40. The Kier molecular flexibility index (Phi) is 4.08. The summed E-state index contributed by atoms with van der Waals surface area (Å²) >= 11 is 0. The largest absolute Gasteiger partial charge is 0.497 e. The van der Waals surface area contributed by atoms with Gasteiger partial charge in [0.25, 0.3) is 5.91 Å². The number of amides is 1. The number of anilines is 1. The minimum absolute atomic E-state index is 0.266. The number of fused-ring (bicyclic) bond motifs is 1. The van der Waals surface area contributed by atoms with Gasteiger partial charge in [0.15, 0.2) is 0 Å². The van der Waals surface area contributed by atoms with E-state index >= 15 is 0 Å². The molecule has 0 aliphatic carbocycles. The fourth-order valence-corrected chi connectivity index (χ4v) is 2.76. The zero-order chi connectivity index (χ0) is 19.0. The molecule has 3 heterocycles. The van der Waals surface area contributed by atoms with Crippen molar-refractivity contribution in [2.45, 2.75) is 13.8 Å². The summed E-state index contributed by atoms with van der Waals surface area (Å²) in [4.78, 5) is 21.3. The number of hydrogen-bond donors (Lipinski definition) is 1. The van der Waals surface area contributed by atoms with Gasteiger partial charge in [-0.25, -0.2) is 4.98 Å². The Morgan fingerprint density at radius 3 is 2.81 bits per heavy atom. The van der Waals surface area contributed by atoms with Gasteiger partial charge in [-0.3, -0.25) is 9.20 Å². The summed E-state index contributed by atoms with van der Waals surface area (Å²) < 4.78 is 11.9. The highest BCUT2D eigenvalue weighted by Crippen LogP contribution is 2.24. The number of aryl methyl sites for hydroxylation is 2. The van der Waals surface area contributed by atoms with E-state index in [1.54, 1.807) is 36.8 Å². The lowest BCUT2D eigenvalue weighted by atomic mass is 10.1. The SMILES string of the molecule is COc1ccn2c(C(=O)Nc3cc(-c4noc(C)n4)ccc3C)cnc2c1. The van der Waals surface area contributed by atoms with Gasteiger partial charge in [-0.15, -0.1) is 0 Å². The lowest BCUT2D eigenvalue weighted by molar-refractivity contribution is 0.102. The van der Waals surface area contributed by atoms with Gasteiger partial charge in [0.05, 0.1) is 13.3 Å². The molecule has 0 aliphatic rings. The predicted octanol–water partition coefficient (Wildman–Crippen LogP) is 3.26. The molecule has 0 saturated heterocycles. The molecule has 3 aromatic heterocycles. The van der Waals surface area contributed by atoms with Crippen LogP contribution in [0.2, 0.25) is 0 Å². The molecule has 0 saturated carbocycles. The summed E-state index contributed by atoms with van der Waals surface area (Å²) in [6.45, 7) is 3.65. The first-order chi connectivity index (χ1) is 13.0. The van der Waals surface area contributed by atoms with Crippen molar-refractivity contribution in [3.8, 4) is 17.1 Å². The van der Waals surface area contributed by atoms with Gasteiger partial charge in [-0.1, -0.05) is 17.3 Å². The molecule has 0 radical (unpaired) electrons. The highest BCUT2D eigenvalue weighted by Gasteiger charge is 2.15. The molecule has 0 spiro atoms. The van der Waals surface area contributed by atoms with Crippen LogP contribution in [0.1, 0.15) is 21.9 Å². The highest BCUT2D eigenvalue weighted by molar-refractivity contribution is 6.04. The molecule has 1 N–H and O–H groups in total. The van der Waals surface area contributed by atoms with Crippen LogP contribution in [0.4, 0.5) is 5.69 Å². The number of methoxy groups -OCH3 is 1. The lowest BCUT2D eigenvalue weighted by Crippen LogP contribution is -2.15. The molecule has 4 rings (SSSR count). The van der Waals surface area contributed by atoms with Crippen LogP contribution < -0.4 is 10.1 Å². The third kappa shape index (κ3) is 3.12. The van der Waals surface area contributed by atoms with E-state index in [1.807, 2.05) is 25.1 Å². The topological polar surface area (TPSA) is 94.6 Å². The summed E-state index contributed by atoms with van der Waals surface area (Å²) in [5, 5.41) is 6.85. The number of rotatable bonds is 4. The predicted molar refractivity (Wildman–Crippen MR) is 98.9 cm³/mol. The Hall–Kier alpha value is -3.68. The van der Waals surface area contributed by atoms with Crippen LogP contribution in [0.5, 0.6) is 5.75 Å². The van der Waals surface area contributed by atoms with Crippen LogP contribution in [-0.4, -0.2) is 32.5 Å². The van der Waals surface area contributed by atoms with Crippen molar-refractivity contribution < 1.29 is 14.1 Å². The molecule has 4 aromatic rings. The Labute approximate surface area is 154 Å². The molecule has 0 unspecified atom stereocenters. The summed E-state index contributed by atoms with van der Waals surface area (Å²) in [5.74, 6) is 1.37. The molecular formula is C19H17N5O3.